The first kappa shape index (κ1) is 18.5. The third kappa shape index (κ3) is 3.11. The summed E-state index contributed by atoms with van der Waals surface area (Å²) in [5.41, 5.74) is -0.798. The van der Waals surface area contributed by atoms with Crippen LogP contribution in [0.4, 0.5) is 24.5 Å². The van der Waals surface area contributed by atoms with Crippen molar-refractivity contribution < 1.29 is 27.9 Å². The van der Waals surface area contributed by atoms with E-state index in [9.17, 15) is 23.5 Å². The molecule has 2 aliphatic rings. The van der Waals surface area contributed by atoms with Crippen molar-refractivity contribution in [3.05, 3.63) is 23.3 Å². The minimum atomic E-state index is -1.47. The normalized spacial score (nSPS) is 21.1. The number of likely N-dealkylation sites (N-methyl/N-ethyl adjacent to an activating group) is 1. The van der Waals surface area contributed by atoms with E-state index in [4.69, 9.17) is 0 Å². The summed E-state index contributed by atoms with van der Waals surface area (Å²) in [4.78, 5) is 28.5. The maximum Gasteiger partial charge on any atom is 0.316 e. The molecule has 1 fully saturated rings. The summed E-state index contributed by atoms with van der Waals surface area (Å²) in [6.45, 7) is 0.634. The number of carbonyl (C=O) groups excluding carboxylic acids is 1. The summed E-state index contributed by atoms with van der Waals surface area (Å²) >= 11 is 0. The number of piperazine rings is 1. The molecule has 0 aliphatic carbocycles. The standard InChI is InChI=1S/C17H20F3N3O3/c1-21-4-6-22(7-5-21)15-12(19)8-10-14(13(15)20)23(3-2-18)9-11(16(10)24)17(25)26/h8,11H,2-7,9H2,1H3,(H,25,26)/t11-/m1/s1. The van der Waals surface area contributed by atoms with Gasteiger partial charge >= 0.3 is 5.97 Å². The van der Waals surface area contributed by atoms with Crippen LogP contribution in [0.15, 0.2) is 6.07 Å². The van der Waals surface area contributed by atoms with E-state index in [1.54, 1.807) is 4.90 Å². The van der Waals surface area contributed by atoms with Gasteiger partial charge in [0, 0.05) is 44.8 Å². The Morgan fingerprint density at radius 2 is 1.88 bits per heavy atom. The number of fused-ring (bicyclic) bond motifs is 1. The Hall–Kier alpha value is -2.29. The van der Waals surface area contributed by atoms with Crippen LogP contribution in [0.2, 0.25) is 0 Å². The van der Waals surface area contributed by atoms with Crippen molar-refractivity contribution in [1.82, 2.24) is 4.90 Å². The van der Waals surface area contributed by atoms with Gasteiger partial charge in [0.15, 0.2) is 11.6 Å². The number of hydrogen-bond donors (Lipinski definition) is 1. The molecule has 0 amide bonds. The lowest BCUT2D eigenvalue weighted by atomic mass is 9.90. The van der Waals surface area contributed by atoms with Crippen LogP contribution in [0, 0.1) is 17.6 Å². The Balaban J connectivity index is 2.09. The minimum absolute atomic E-state index is 0.208. The van der Waals surface area contributed by atoms with Crippen LogP contribution in [0.5, 0.6) is 0 Å². The summed E-state index contributed by atoms with van der Waals surface area (Å²) in [6, 6.07) is 0.884. The minimum Gasteiger partial charge on any atom is -0.481 e. The van der Waals surface area contributed by atoms with Gasteiger partial charge in [0.25, 0.3) is 0 Å². The van der Waals surface area contributed by atoms with Crippen molar-refractivity contribution in [3.8, 4) is 0 Å². The number of aliphatic carboxylic acids is 1. The van der Waals surface area contributed by atoms with Gasteiger partial charge in [-0.05, 0) is 13.1 Å². The lowest BCUT2D eigenvalue weighted by Crippen LogP contribution is -2.47. The third-order valence-corrected chi connectivity index (χ3v) is 4.94. The molecule has 1 aromatic rings. The highest BCUT2D eigenvalue weighted by atomic mass is 19.1. The van der Waals surface area contributed by atoms with Crippen molar-refractivity contribution in [2.45, 2.75) is 0 Å². The number of carboxylic acid groups (broad SMARTS) is 1. The van der Waals surface area contributed by atoms with E-state index in [0.717, 1.165) is 6.07 Å². The summed E-state index contributed by atoms with van der Waals surface area (Å²) in [5, 5.41) is 9.20. The van der Waals surface area contributed by atoms with Crippen LogP contribution in [0.25, 0.3) is 0 Å². The molecule has 3 rings (SSSR count). The van der Waals surface area contributed by atoms with E-state index >= 15 is 4.39 Å². The number of halogens is 3. The number of carboxylic acids is 1. The van der Waals surface area contributed by atoms with Crippen molar-refractivity contribution in [2.75, 3.05) is 62.8 Å². The van der Waals surface area contributed by atoms with Gasteiger partial charge in [-0.25, -0.2) is 13.2 Å². The maximum atomic E-state index is 15.2. The molecular formula is C17H20F3N3O3. The Morgan fingerprint density at radius 1 is 1.23 bits per heavy atom. The van der Waals surface area contributed by atoms with Crippen LogP contribution in [-0.2, 0) is 4.79 Å². The van der Waals surface area contributed by atoms with Crippen LogP contribution >= 0.6 is 0 Å². The number of anilines is 2. The van der Waals surface area contributed by atoms with E-state index in [0.29, 0.717) is 26.2 Å². The number of benzene rings is 1. The average molecular weight is 371 g/mol. The predicted molar refractivity (Wildman–Crippen MR) is 89.7 cm³/mol. The highest BCUT2D eigenvalue weighted by Crippen LogP contribution is 2.39. The van der Waals surface area contributed by atoms with Gasteiger partial charge in [-0.2, -0.15) is 0 Å². The zero-order chi connectivity index (χ0) is 19.0. The topological polar surface area (TPSA) is 64.1 Å². The zero-order valence-electron chi connectivity index (χ0n) is 14.3. The Morgan fingerprint density at radius 3 is 2.46 bits per heavy atom. The molecule has 0 radical (unpaired) electrons. The molecule has 1 N–H and O–H groups in total. The second-order valence-corrected chi connectivity index (χ2v) is 6.60. The number of ketones is 1. The van der Waals surface area contributed by atoms with Gasteiger partial charge in [-0.15, -0.1) is 0 Å². The molecule has 0 unspecified atom stereocenters. The molecule has 1 atom stereocenters. The van der Waals surface area contributed by atoms with Crippen LogP contribution in [0.3, 0.4) is 0 Å². The molecule has 2 aliphatic heterocycles. The number of alkyl halides is 1. The highest BCUT2D eigenvalue weighted by Gasteiger charge is 2.40. The second-order valence-electron chi connectivity index (χ2n) is 6.60. The fraction of sp³-hybridized carbons (Fsp3) is 0.529. The molecular weight excluding hydrogens is 351 g/mol. The number of Topliss-reactive ketones (excluding diaryl/α,β-unsaturated/α-hetero) is 1. The molecule has 142 valence electrons. The highest BCUT2D eigenvalue weighted by molar-refractivity contribution is 6.13. The van der Waals surface area contributed by atoms with Gasteiger partial charge < -0.3 is 19.8 Å². The summed E-state index contributed by atoms with van der Waals surface area (Å²) < 4.78 is 42.8. The fourth-order valence-corrected chi connectivity index (χ4v) is 3.49. The molecule has 0 spiro atoms. The van der Waals surface area contributed by atoms with Gasteiger partial charge in [0.1, 0.15) is 24.1 Å². The van der Waals surface area contributed by atoms with Gasteiger partial charge in [0.2, 0.25) is 0 Å². The quantitative estimate of drug-likeness (QED) is 0.807. The number of carbonyl (C=O) groups is 2. The van der Waals surface area contributed by atoms with E-state index in [1.807, 2.05) is 11.9 Å². The first-order valence-electron chi connectivity index (χ1n) is 8.38. The zero-order valence-corrected chi connectivity index (χ0v) is 14.3. The molecule has 0 aromatic heterocycles. The predicted octanol–water partition coefficient (Wildman–Crippen LogP) is 1.39. The molecule has 2 heterocycles. The van der Waals surface area contributed by atoms with E-state index in [1.165, 1.54) is 4.90 Å². The Labute approximate surface area is 148 Å². The SMILES string of the molecule is CN1CCN(c2c(F)cc3c(c2F)N(CCF)C[C@@H](C(=O)O)C3=O)CC1. The smallest absolute Gasteiger partial charge is 0.316 e. The van der Waals surface area contributed by atoms with Gasteiger partial charge in [-0.1, -0.05) is 0 Å². The number of hydrogen-bond acceptors (Lipinski definition) is 5. The van der Waals surface area contributed by atoms with Gasteiger partial charge in [0.05, 0.1) is 5.69 Å². The van der Waals surface area contributed by atoms with Crippen LogP contribution in [0.1, 0.15) is 10.4 Å². The van der Waals surface area contributed by atoms with Gasteiger partial charge in [-0.3, -0.25) is 9.59 Å². The van der Waals surface area contributed by atoms with Crippen molar-refractivity contribution in [2.24, 2.45) is 5.92 Å². The third-order valence-electron chi connectivity index (χ3n) is 4.94. The first-order chi connectivity index (χ1) is 12.3. The second kappa shape index (κ2) is 7.14. The molecule has 26 heavy (non-hydrogen) atoms. The summed E-state index contributed by atoms with van der Waals surface area (Å²) in [5.74, 6) is -5.57. The fourth-order valence-electron chi connectivity index (χ4n) is 3.49. The van der Waals surface area contributed by atoms with Crippen LogP contribution in [-0.4, -0.2) is 74.7 Å². The molecule has 0 saturated carbocycles. The van der Waals surface area contributed by atoms with Crippen molar-refractivity contribution in [3.63, 3.8) is 0 Å². The number of nitrogens with zero attached hydrogens (tertiary/aromatic N) is 3. The Kier molecular flexibility index (Phi) is 5.08. The molecule has 0 bridgehead atoms. The molecule has 1 saturated heterocycles. The molecule has 6 nitrogen and oxygen atoms in total. The molecule has 1 aromatic carbocycles. The Bertz CT molecular complexity index is 736. The van der Waals surface area contributed by atoms with Crippen LogP contribution < -0.4 is 9.80 Å². The first-order valence-corrected chi connectivity index (χ1v) is 8.38. The lowest BCUT2D eigenvalue weighted by molar-refractivity contribution is -0.139. The van der Waals surface area contributed by atoms with E-state index < -0.39 is 36.0 Å². The average Bonchev–Trinajstić information content (AvgIpc) is 2.58. The summed E-state index contributed by atoms with van der Waals surface area (Å²) in [6.07, 6.45) is 0. The largest absolute Gasteiger partial charge is 0.481 e. The maximum absolute atomic E-state index is 15.2. The van der Waals surface area contributed by atoms with Crippen molar-refractivity contribution >= 4 is 23.1 Å². The van der Waals surface area contributed by atoms with Crippen molar-refractivity contribution in [1.29, 1.82) is 0 Å². The molecule has 9 heteroatoms. The monoisotopic (exact) mass is 371 g/mol. The lowest BCUT2D eigenvalue weighted by Gasteiger charge is -2.37. The van der Waals surface area contributed by atoms with E-state index in [2.05, 4.69) is 0 Å². The number of rotatable bonds is 4. The summed E-state index contributed by atoms with van der Waals surface area (Å²) in [7, 11) is 1.91. The van der Waals surface area contributed by atoms with E-state index in [-0.39, 0.29) is 30.0 Å².